The third-order valence-corrected chi connectivity index (χ3v) is 4.23. The Balaban J connectivity index is 2.00. The van der Waals surface area contributed by atoms with Gasteiger partial charge in [0.1, 0.15) is 5.75 Å². The Hall–Kier alpha value is -1.72. The zero-order chi connectivity index (χ0) is 16.9. The van der Waals surface area contributed by atoms with E-state index in [2.05, 4.69) is 0 Å². The van der Waals surface area contributed by atoms with Crippen LogP contribution in [0.15, 0.2) is 24.3 Å². The average Bonchev–Trinajstić information content (AvgIpc) is 2.78. The molecule has 0 saturated carbocycles. The fourth-order valence-corrected chi connectivity index (χ4v) is 2.92. The fourth-order valence-electron chi connectivity index (χ4n) is 2.92. The van der Waals surface area contributed by atoms with Crippen LogP contribution in [0.4, 0.5) is 13.2 Å². The zero-order valence-electron chi connectivity index (χ0n) is 13.2. The Morgan fingerprint density at radius 2 is 1.96 bits per heavy atom. The molecule has 0 aliphatic carbocycles. The van der Waals surface area contributed by atoms with Gasteiger partial charge in [0.15, 0.2) is 0 Å². The number of alkyl halides is 3. The van der Waals surface area contributed by atoms with Crippen molar-refractivity contribution in [1.82, 2.24) is 4.90 Å². The summed E-state index contributed by atoms with van der Waals surface area (Å²) in [6.45, 7) is 1.03. The van der Waals surface area contributed by atoms with Gasteiger partial charge in [0.2, 0.25) is 5.91 Å². The van der Waals surface area contributed by atoms with Crippen molar-refractivity contribution in [1.29, 1.82) is 0 Å². The highest BCUT2D eigenvalue weighted by Gasteiger charge is 2.30. The first-order valence-electron chi connectivity index (χ1n) is 7.87. The van der Waals surface area contributed by atoms with Crippen molar-refractivity contribution in [3.8, 4) is 5.75 Å². The van der Waals surface area contributed by atoms with Gasteiger partial charge in [-0.3, -0.25) is 4.79 Å². The molecule has 3 nitrogen and oxygen atoms in total. The predicted octanol–water partition coefficient (Wildman–Crippen LogP) is 4.13. The molecule has 2 rings (SSSR count). The molecule has 1 aliphatic rings. The normalized spacial score (nSPS) is 19.3. The molecule has 6 heteroatoms. The molecule has 1 atom stereocenters. The van der Waals surface area contributed by atoms with Crippen molar-refractivity contribution in [3.63, 3.8) is 0 Å². The van der Waals surface area contributed by atoms with Crippen LogP contribution in [-0.2, 0) is 4.79 Å². The van der Waals surface area contributed by atoms with E-state index >= 15 is 0 Å². The van der Waals surface area contributed by atoms with Gasteiger partial charge in [-0.05, 0) is 30.5 Å². The van der Waals surface area contributed by atoms with Crippen LogP contribution in [-0.4, -0.2) is 37.2 Å². The van der Waals surface area contributed by atoms with E-state index in [0.717, 1.165) is 30.6 Å². The molecule has 0 aromatic heterocycles. The minimum absolute atomic E-state index is 0.165. The van der Waals surface area contributed by atoms with E-state index in [1.54, 1.807) is 12.0 Å². The van der Waals surface area contributed by atoms with Gasteiger partial charge in [-0.15, -0.1) is 0 Å². The first-order chi connectivity index (χ1) is 10.9. The Kier molecular flexibility index (Phi) is 5.91. The molecule has 128 valence electrons. The molecule has 1 amide bonds. The van der Waals surface area contributed by atoms with Gasteiger partial charge in [-0.1, -0.05) is 18.6 Å². The highest BCUT2D eigenvalue weighted by molar-refractivity contribution is 5.76. The smallest absolute Gasteiger partial charge is 0.389 e. The van der Waals surface area contributed by atoms with Crippen LogP contribution < -0.4 is 4.74 Å². The van der Waals surface area contributed by atoms with E-state index in [9.17, 15) is 18.0 Å². The second-order valence-corrected chi connectivity index (χ2v) is 5.92. The number of hydrogen-bond donors (Lipinski definition) is 0. The quantitative estimate of drug-likeness (QED) is 0.831. The molecule has 1 aliphatic heterocycles. The van der Waals surface area contributed by atoms with Crippen LogP contribution in [0, 0.1) is 0 Å². The van der Waals surface area contributed by atoms with Gasteiger partial charge < -0.3 is 9.64 Å². The highest BCUT2D eigenvalue weighted by Crippen LogP contribution is 2.29. The molecule has 1 aromatic carbocycles. The molecule has 1 unspecified atom stereocenters. The maximum Gasteiger partial charge on any atom is 0.389 e. The SMILES string of the molecule is COc1ccc(C2CCCCN(C(=O)CCC(F)(F)F)C2)cc1. The molecular weight excluding hydrogens is 307 g/mol. The van der Waals surface area contributed by atoms with Gasteiger partial charge in [-0.25, -0.2) is 0 Å². The van der Waals surface area contributed by atoms with E-state index < -0.39 is 24.9 Å². The number of rotatable bonds is 4. The molecule has 1 fully saturated rings. The number of methoxy groups -OCH3 is 1. The molecule has 0 spiro atoms. The molecule has 0 N–H and O–H groups in total. The van der Waals surface area contributed by atoms with Crippen molar-refractivity contribution in [3.05, 3.63) is 29.8 Å². The Labute approximate surface area is 134 Å². The topological polar surface area (TPSA) is 29.5 Å². The number of benzene rings is 1. The molecular formula is C17H22F3NO2. The maximum absolute atomic E-state index is 12.3. The number of amides is 1. The van der Waals surface area contributed by atoms with Gasteiger partial charge in [0.05, 0.1) is 13.5 Å². The summed E-state index contributed by atoms with van der Waals surface area (Å²) in [4.78, 5) is 13.7. The number of ether oxygens (including phenoxy) is 1. The van der Waals surface area contributed by atoms with E-state index in [1.165, 1.54) is 0 Å². The van der Waals surface area contributed by atoms with Crippen molar-refractivity contribution in [2.45, 2.75) is 44.2 Å². The lowest BCUT2D eigenvalue weighted by Crippen LogP contribution is -2.34. The fraction of sp³-hybridized carbons (Fsp3) is 0.588. The highest BCUT2D eigenvalue weighted by atomic mass is 19.4. The summed E-state index contributed by atoms with van der Waals surface area (Å²) in [6.07, 6.45) is -3.04. The lowest BCUT2D eigenvalue weighted by Gasteiger charge is -2.25. The van der Waals surface area contributed by atoms with Crippen molar-refractivity contribution < 1.29 is 22.7 Å². The molecule has 0 bridgehead atoms. The third kappa shape index (κ3) is 5.44. The zero-order valence-corrected chi connectivity index (χ0v) is 13.2. The summed E-state index contributed by atoms with van der Waals surface area (Å²) in [5, 5.41) is 0. The summed E-state index contributed by atoms with van der Waals surface area (Å²) < 4.78 is 42.0. The van der Waals surface area contributed by atoms with Crippen molar-refractivity contribution in [2.75, 3.05) is 20.2 Å². The van der Waals surface area contributed by atoms with E-state index in [-0.39, 0.29) is 5.92 Å². The summed E-state index contributed by atoms with van der Waals surface area (Å²) in [5.74, 6) is 0.529. The molecule has 1 heterocycles. The average molecular weight is 329 g/mol. The van der Waals surface area contributed by atoms with Crippen molar-refractivity contribution in [2.24, 2.45) is 0 Å². The van der Waals surface area contributed by atoms with Crippen LogP contribution in [0.5, 0.6) is 5.75 Å². The summed E-state index contributed by atoms with van der Waals surface area (Å²) in [5.41, 5.74) is 1.10. The Morgan fingerprint density at radius 3 is 2.57 bits per heavy atom. The number of halogens is 3. The van der Waals surface area contributed by atoms with Gasteiger partial charge in [-0.2, -0.15) is 13.2 Å². The van der Waals surface area contributed by atoms with Crippen molar-refractivity contribution >= 4 is 5.91 Å². The lowest BCUT2D eigenvalue weighted by molar-refractivity contribution is -0.149. The number of nitrogens with zero attached hydrogens (tertiary/aromatic N) is 1. The lowest BCUT2D eigenvalue weighted by atomic mass is 9.94. The van der Waals surface area contributed by atoms with Gasteiger partial charge in [0.25, 0.3) is 0 Å². The number of likely N-dealkylation sites (tertiary alicyclic amines) is 1. The van der Waals surface area contributed by atoms with E-state index in [0.29, 0.717) is 13.1 Å². The van der Waals surface area contributed by atoms with Crippen LogP contribution in [0.1, 0.15) is 43.6 Å². The van der Waals surface area contributed by atoms with Crippen LogP contribution in [0.3, 0.4) is 0 Å². The number of carbonyl (C=O) groups excluding carboxylic acids is 1. The second-order valence-electron chi connectivity index (χ2n) is 5.92. The van der Waals surface area contributed by atoms with Gasteiger partial charge >= 0.3 is 6.18 Å². The van der Waals surface area contributed by atoms with Crippen LogP contribution in [0.25, 0.3) is 0 Å². The summed E-state index contributed by atoms with van der Waals surface area (Å²) in [7, 11) is 1.60. The van der Waals surface area contributed by atoms with E-state index in [1.807, 2.05) is 24.3 Å². The summed E-state index contributed by atoms with van der Waals surface area (Å²) >= 11 is 0. The van der Waals surface area contributed by atoms with E-state index in [4.69, 9.17) is 4.74 Å². The van der Waals surface area contributed by atoms with Crippen LogP contribution in [0.2, 0.25) is 0 Å². The van der Waals surface area contributed by atoms with Gasteiger partial charge in [0, 0.05) is 25.4 Å². The Bertz CT molecular complexity index is 514. The third-order valence-electron chi connectivity index (χ3n) is 4.23. The molecule has 1 saturated heterocycles. The first-order valence-corrected chi connectivity index (χ1v) is 7.87. The predicted molar refractivity (Wildman–Crippen MR) is 81.5 cm³/mol. The number of carbonyl (C=O) groups is 1. The summed E-state index contributed by atoms with van der Waals surface area (Å²) in [6, 6.07) is 7.67. The minimum Gasteiger partial charge on any atom is -0.497 e. The Morgan fingerprint density at radius 1 is 1.26 bits per heavy atom. The maximum atomic E-state index is 12.3. The number of hydrogen-bond acceptors (Lipinski definition) is 2. The molecule has 1 aromatic rings. The molecule has 0 radical (unpaired) electrons. The minimum atomic E-state index is -4.28. The first kappa shape index (κ1) is 17.6. The van der Waals surface area contributed by atoms with Crippen LogP contribution >= 0.6 is 0 Å². The molecule has 23 heavy (non-hydrogen) atoms. The monoisotopic (exact) mass is 329 g/mol. The largest absolute Gasteiger partial charge is 0.497 e. The standard InChI is InChI=1S/C17H22F3NO2/c1-23-15-7-5-13(6-8-15)14-4-2-3-11-21(12-14)16(22)9-10-17(18,19)20/h5-8,14H,2-4,9-12H2,1H3. The second kappa shape index (κ2) is 7.70.